The largest absolute Gasteiger partial charge is 0.337 e. The first-order valence-corrected chi connectivity index (χ1v) is 11.8. The molecule has 0 saturated carbocycles. The normalized spacial score (nSPS) is 16.6. The van der Waals surface area contributed by atoms with Crippen LogP contribution in [0.25, 0.3) is 22.6 Å². The standard InChI is InChI=1S/C26H25FN6O2/c1-4-33-21-12-20-19(11-17(21)26(2,3)25(33)35)28-23(29-20)22-16-13-32(10-9-18(16)30-31-22)24(34)14-5-7-15(27)8-6-14/h5-8,11-12H,4,9-10,13H2,1-3H3,(H,28,29)(H,30,31). The molecule has 4 heterocycles. The number of rotatable bonds is 3. The lowest BCUT2D eigenvalue weighted by atomic mass is 9.86. The van der Waals surface area contributed by atoms with Gasteiger partial charge in [0, 0.05) is 36.3 Å². The monoisotopic (exact) mass is 472 g/mol. The average Bonchev–Trinajstić information content (AvgIpc) is 3.51. The summed E-state index contributed by atoms with van der Waals surface area (Å²) in [5.41, 5.74) is 5.90. The van der Waals surface area contributed by atoms with Crippen molar-refractivity contribution in [2.24, 2.45) is 0 Å². The van der Waals surface area contributed by atoms with Gasteiger partial charge in [-0.05, 0) is 62.7 Å². The first-order valence-electron chi connectivity index (χ1n) is 11.8. The van der Waals surface area contributed by atoms with Crippen LogP contribution in [-0.4, -0.2) is 50.0 Å². The third-order valence-corrected chi connectivity index (χ3v) is 7.20. The predicted molar refractivity (Wildman–Crippen MR) is 130 cm³/mol. The van der Waals surface area contributed by atoms with E-state index in [0.717, 1.165) is 33.5 Å². The predicted octanol–water partition coefficient (Wildman–Crippen LogP) is 3.93. The molecule has 178 valence electrons. The molecule has 0 spiro atoms. The second-order valence-corrected chi connectivity index (χ2v) is 9.66. The number of nitrogens with zero attached hydrogens (tertiary/aromatic N) is 4. The lowest BCUT2D eigenvalue weighted by Gasteiger charge is -2.27. The molecule has 0 bridgehead atoms. The van der Waals surface area contributed by atoms with Gasteiger partial charge in [-0.3, -0.25) is 14.7 Å². The SMILES string of the molecule is CCN1C(=O)C(C)(C)c2cc3[nH]c(-c4n[nH]c5c4CN(C(=O)c4ccc(F)cc4)CC5)nc3cc21. The molecule has 0 radical (unpaired) electrons. The summed E-state index contributed by atoms with van der Waals surface area (Å²) in [7, 11) is 0. The smallest absolute Gasteiger partial charge is 0.254 e. The maximum atomic E-state index is 13.3. The Hall–Kier alpha value is -4.01. The van der Waals surface area contributed by atoms with Crippen LogP contribution < -0.4 is 4.90 Å². The Bertz CT molecular complexity index is 1500. The van der Waals surface area contributed by atoms with Crippen LogP contribution in [0.3, 0.4) is 0 Å². The topological polar surface area (TPSA) is 98.0 Å². The van der Waals surface area contributed by atoms with E-state index >= 15 is 0 Å². The van der Waals surface area contributed by atoms with Crippen molar-refractivity contribution in [1.29, 1.82) is 0 Å². The molecule has 0 fully saturated rings. The molecule has 0 atom stereocenters. The van der Waals surface area contributed by atoms with Gasteiger partial charge in [0.15, 0.2) is 5.82 Å². The maximum absolute atomic E-state index is 13.3. The summed E-state index contributed by atoms with van der Waals surface area (Å²) >= 11 is 0. The number of likely N-dealkylation sites (N-methyl/N-ethyl adjacent to an activating group) is 1. The summed E-state index contributed by atoms with van der Waals surface area (Å²) in [6, 6.07) is 9.59. The molecule has 0 unspecified atom stereocenters. The molecule has 4 aromatic rings. The third-order valence-electron chi connectivity index (χ3n) is 7.20. The van der Waals surface area contributed by atoms with Crippen molar-refractivity contribution in [3.63, 3.8) is 0 Å². The highest BCUT2D eigenvalue weighted by Gasteiger charge is 2.43. The van der Waals surface area contributed by atoms with Gasteiger partial charge in [-0.25, -0.2) is 9.37 Å². The summed E-state index contributed by atoms with van der Waals surface area (Å²) in [6.07, 6.45) is 0.644. The Morgan fingerprint density at radius 1 is 1.20 bits per heavy atom. The van der Waals surface area contributed by atoms with Crippen LogP contribution in [-0.2, 0) is 23.2 Å². The van der Waals surface area contributed by atoms with Crippen LogP contribution >= 0.6 is 0 Å². The van der Waals surface area contributed by atoms with Gasteiger partial charge in [0.05, 0.1) is 28.7 Å². The first kappa shape index (κ1) is 21.5. The number of amides is 2. The zero-order chi connectivity index (χ0) is 24.5. The van der Waals surface area contributed by atoms with Crippen LogP contribution in [0.1, 0.15) is 48.0 Å². The summed E-state index contributed by atoms with van der Waals surface area (Å²) in [5, 5.41) is 7.63. The quantitative estimate of drug-likeness (QED) is 0.472. The number of H-pyrrole nitrogens is 2. The zero-order valence-corrected chi connectivity index (χ0v) is 19.8. The van der Waals surface area contributed by atoms with Crippen LogP contribution in [0.2, 0.25) is 0 Å². The molecule has 35 heavy (non-hydrogen) atoms. The first-order chi connectivity index (χ1) is 16.8. The van der Waals surface area contributed by atoms with Crippen LogP contribution in [0.5, 0.6) is 0 Å². The molecule has 8 nitrogen and oxygen atoms in total. The minimum absolute atomic E-state index is 0.0927. The Morgan fingerprint density at radius 2 is 1.97 bits per heavy atom. The van der Waals surface area contributed by atoms with E-state index < -0.39 is 5.41 Å². The molecule has 2 amide bonds. The van der Waals surface area contributed by atoms with Gasteiger partial charge >= 0.3 is 0 Å². The van der Waals surface area contributed by atoms with Crippen molar-refractivity contribution >= 4 is 28.5 Å². The van der Waals surface area contributed by atoms with Crippen LogP contribution in [0.4, 0.5) is 10.1 Å². The van der Waals surface area contributed by atoms with Crippen molar-refractivity contribution in [2.45, 2.75) is 39.2 Å². The van der Waals surface area contributed by atoms with E-state index in [1.807, 2.05) is 32.9 Å². The van der Waals surface area contributed by atoms with Crippen molar-refractivity contribution in [2.75, 3.05) is 18.0 Å². The third kappa shape index (κ3) is 3.18. The molecule has 9 heteroatoms. The van der Waals surface area contributed by atoms with Gasteiger partial charge in [-0.15, -0.1) is 0 Å². The molecule has 0 aliphatic carbocycles. The molecular formula is C26H25FN6O2. The number of halogens is 1. The lowest BCUT2D eigenvalue weighted by molar-refractivity contribution is -0.122. The molecule has 2 aliphatic heterocycles. The van der Waals surface area contributed by atoms with Crippen molar-refractivity contribution in [1.82, 2.24) is 25.1 Å². The summed E-state index contributed by atoms with van der Waals surface area (Å²) in [6.45, 7) is 7.40. The molecule has 2 aliphatic rings. The molecular weight excluding hydrogens is 447 g/mol. The summed E-state index contributed by atoms with van der Waals surface area (Å²) < 4.78 is 13.3. The van der Waals surface area contributed by atoms with E-state index in [1.54, 1.807) is 9.80 Å². The van der Waals surface area contributed by atoms with Crippen LogP contribution in [0, 0.1) is 5.82 Å². The number of aromatic amines is 2. The number of anilines is 1. The minimum Gasteiger partial charge on any atom is -0.337 e. The number of carbonyl (C=O) groups excluding carboxylic acids is 2. The summed E-state index contributed by atoms with van der Waals surface area (Å²) in [5.74, 6) is 0.195. The van der Waals surface area contributed by atoms with E-state index in [-0.39, 0.29) is 17.6 Å². The lowest BCUT2D eigenvalue weighted by Crippen LogP contribution is -2.36. The Kier molecular flexibility index (Phi) is 4.61. The van der Waals surface area contributed by atoms with Crippen molar-refractivity contribution in [3.8, 4) is 11.5 Å². The second kappa shape index (κ2) is 7.49. The number of aromatic nitrogens is 4. The number of imidazole rings is 1. The summed E-state index contributed by atoms with van der Waals surface area (Å²) in [4.78, 5) is 37.6. The Labute approximate surface area is 201 Å². The number of hydrogen-bond donors (Lipinski definition) is 2. The number of carbonyl (C=O) groups is 2. The number of hydrogen-bond acceptors (Lipinski definition) is 4. The fourth-order valence-electron chi connectivity index (χ4n) is 5.20. The highest BCUT2D eigenvalue weighted by atomic mass is 19.1. The number of nitrogens with one attached hydrogen (secondary N) is 2. The highest BCUT2D eigenvalue weighted by Crippen LogP contribution is 2.43. The minimum atomic E-state index is -0.600. The fourth-order valence-corrected chi connectivity index (χ4v) is 5.20. The van der Waals surface area contributed by atoms with E-state index in [2.05, 4.69) is 15.2 Å². The second-order valence-electron chi connectivity index (χ2n) is 9.66. The fraction of sp³-hybridized carbons (Fsp3) is 0.308. The Morgan fingerprint density at radius 3 is 2.71 bits per heavy atom. The Balaban J connectivity index is 1.36. The highest BCUT2D eigenvalue weighted by molar-refractivity contribution is 6.09. The zero-order valence-electron chi connectivity index (χ0n) is 19.8. The van der Waals surface area contributed by atoms with Crippen LogP contribution in [0.15, 0.2) is 36.4 Å². The average molecular weight is 473 g/mol. The van der Waals surface area contributed by atoms with Gasteiger partial charge in [-0.1, -0.05) is 0 Å². The van der Waals surface area contributed by atoms with Gasteiger partial charge < -0.3 is 14.8 Å². The van der Waals surface area contributed by atoms with Gasteiger partial charge in [-0.2, -0.15) is 5.10 Å². The van der Waals surface area contributed by atoms with Crippen molar-refractivity contribution in [3.05, 3.63) is 64.6 Å². The van der Waals surface area contributed by atoms with E-state index in [4.69, 9.17) is 4.98 Å². The van der Waals surface area contributed by atoms with Gasteiger partial charge in [0.25, 0.3) is 5.91 Å². The van der Waals surface area contributed by atoms with Crippen molar-refractivity contribution < 1.29 is 14.0 Å². The molecule has 6 rings (SSSR count). The van der Waals surface area contributed by atoms with E-state index in [0.29, 0.717) is 43.1 Å². The molecule has 2 aromatic carbocycles. The van der Waals surface area contributed by atoms with E-state index in [1.165, 1.54) is 24.3 Å². The molecule has 2 N–H and O–H groups in total. The number of fused-ring (bicyclic) bond motifs is 3. The van der Waals surface area contributed by atoms with E-state index in [9.17, 15) is 14.0 Å². The van der Waals surface area contributed by atoms with Gasteiger partial charge in [0.1, 0.15) is 11.5 Å². The molecule has 2 aromatic heterocycles. The van der Waals surface area contributed by atoms with Gasteiger partial charge in [0.2, 0.25) is 5.91 Å². The molecule has 0 saturated heterocycles. The maximum Gasteiger partial charge on any atom is 0.254 e. The number of benzene rings is 2.